The van der Waals surface area contributed by atoms with Crippen LogP contribution in [0.25, 0.3) is 98.1 Å². The molecule has 6 heteroatoms. The van der Waals surface area contributed by atoms with Crippen molar-refractivity contribution in [3.63, 3.8) is 0 Å². The van der Waals surface area contributed by atoms with E-state index in [1.807, 2.05) is 42.5 Å². The molecule has 0 radical (unpaired) electrons. The Hall–Kier alpha value is -9.93. The summed E-state index contributed by atoms with van der Waals surface area (Å²) in [5.41, 5.74) is 17.3. The van der Waals surface area contributed by atoms with Gasteiger partial charge in [0.2, 0.25) is 5.69 Å². The van der Waals surface area contributed by atoms with Crippen molar-refractivity contribution in [1.82, 2.24) is 9.13 Å². The summed E-state index contributed by atoms with van der Waals surface area (Å²) in [6, 6.07) is 82.1. The van der Waals surface area contributed by atoms with Gasteiger partial charge in [0.1, 0.15) is 0 Å². The fourth-order valence-corrected chi connectivity index (χ4v) is 9.88. The molecule has 0 spiro atoms. The molecule has 0 saturated carbocycles. The fourth-order valence-electron chi connectivity index (χ4n) is 9.88. The summed E-state index contributed by atoms with van der Waals surface area (Å²) in [7, 11) is 0. The molecule has 0 unspecified atom stereocenters. The van der Waals surface area contributed by atoms with Crippen molar-refractivity contribution in [2.24, 2.45) is 0 Å². The van der Waals surface area contributed by atoms with Crippen LogP contribution in [0.4, 0.5) is 28.4 Å². The molecule has 0 aliphatic rings. The van der Waals surface area contributed by atoms with E-state index >= 15 is 0 Å². The zero-order chi connectivity index (χ0) is 46.4. The highest BCUT2D eigenvalue weighted by atomic mass is 15.1. The Bertz CT molecular complexity index is 4070. The molecule has 0 amide bonds. The van der Waals surface area contributed by atoms with Crippen LogP contribution in [0.15, 0.2) is 231 Å². The monoisotopic (exact) mass is 878 g/mol. The molecule has 10 aromatic carbocycles. The van der Waals surface area contributed by atoms with Crippen LogP contribution in [0.3, 0.4) is 0 Å². The summed E-state index contributed by atoms with van der Waals surface area (Å²) in [6.07, 6.45) is 0. The van der Waals surface area contributed by atoms with Gasteiger partial charge < -0.3 is 14.0 Å². The van der Waals surface area contributed by atoms with E-state index in [2.05, 4.69) is 206 Å². The lowest BCUT2D eigenvalue weighted by atomic mass is 9.98. The van der Waals surface area contributed by atoms with Crippen LogP contribution in [-0.4, -0.2) is 9.13 Å². The van der Waals surface area contributed by atoms with Crippen LogP contribution < -0.4 is 4.90 Å². The molecule has 0 N–H and O–H groups in total. The maximum Gasteiger partial charge on any atom is 0.211 e. The lowest BCUT2D eigenvalue weighted by Crippen LogP contribution is -2.10. The van der Waals surface area contributed by atoms with E-state index < -0.39 is 0 Å². The van der Waals surface area contributed by atoms with Gasteiger partial charge in [0.25, 0.3) is 0 Å². The summed E-state index contributed by atoms with van der Waals surface area (Å²) in [5.74, 6) is 0. The predicted octanol–water partition coefficient (Wildman–Crippen LogP) is 17.3. The zero-order valence-electron chi connectivity index (χ0n) is 37.1. The van der Waals surface area contributed by atoms with Crippen molar-refractivity contribution in [3.05, 3.63) is 259 Å². The third-order valence-electron chi connectivity index (χ3n) is 13.2. The van der Waals surface area contributed by atoms with Gasteiger partial charge in [-0.2, -0.15) is 5.26 Å². The number of fused-ring (bicyclic) bond motifs is 6. The van der Waals surface area contributed by atoms with Gasteiger partial charge in [-0.05, 0) is 124 Å². The van der Waals surface area contributed by atoms with E-state index in [0.29, 0.717) is 16.9 Å². The maximum atomic E-state index is 9.66. The molecule has 320 valence electrons. The Morgan fingerprint density at radius 1 is 0.377 bits per heavy atom. The molecule has 2 heterocycles. The van der Waals surface area contributed by atoms with Gasteiger partial charge in [0.05, 0.1) is 47.0 Å². The second-order valence-corrected chi connectivity index (χ2v) is 17.1. The summed E-state index contributed by atoms with van der Waals surface area (Å²) in [6.45, 7) is 15.6. The number of rotatable bonds is 8. The first kappa shape index (κ1) is 40.6. The summed E-state index contributed by atoms with van der Waals surface area (Å²) in [4.78, 5) is 9.82. The zero-order valence-corrected chi connectivity index (χ0v) is 37.1. The summed E-state index contributed by atoms with van der Waals surface area (Å²) >= 11 is 0. The molecule has 12 aromatic rings. The Morgan fingerprint density at radius 3 is 1.35 bits per heavy atom. The van der Waals surface area contributed by atoms with Crippen molar-refractivity contribution < 1.29 is 0 Å². The molecule has 6 nitrogen and oxygen atoms in total. The third-order valence-corrected chi connectivity index (χ3v) is 13.2. The largest absolute Gasteiger partial charge is 0.319 e. The molecule has 0 aliphatic heterocycles. The third kappa shape index (κ3) is 7.04. The van der Waals surface area contributed by atoms with Crippen molar-refractivity contribution in [3.8, 4) is 50.8 Å². The molecule has 2 aromatic heterocycles. The normalized spacial score (nSPS) is 11.1. The minimum absolute atomic E-state index is 0.421. The number of nitriles is 1. The Morgan fingerprint density at radius 2 is 0.826 bits per heavy atom. The van der Waals surface area contributed by atoms with Crippen LogP contribution in [0.2, 0.25) is 0 Å². The van der Waals surface area contributed by atoms with Crippen LogP contribution >= 0.6 is 0 Å². The fraction of sp³-hybridized carbons (Fsp3) is 0. The van der Waals surface area contributed by atoms with E-state index in [0.717, 1.165) is 83.2 Å². The van der Waals surface area contributed by atoms with E-state index in [-0.39, 0.29) is 0 Å². The number of aromatic nitrogens is 2. The van der Waals surface area contributed by atoms with E-state index in [9.17, 15) is 5.26 Å². The Balaban J connectivity index is 0.981. The number of benzene rings is 10. The average molecular weight is 879 g/mol. The number of para-hydroxylation sites is 2. The lowest BCUT2D eigenvalue weighted by molar-refractivity contribution is 1.18. The first-order valence-corrected chi connectivity index (χ1v) is 22.7. The van der Waals surface area contributed by atoms with Crippen molar-refractivity contribution in [1.29, 1.82) is 5.26 Å². The van der Waals surface area contributed by atoms with Gasteiger partial charge >= 0.3 is 0 Å². The number of anilines is 3. The Kier molecular flexibility index (Phi) is 9.88. The van der Waals surface area contributed by atoms with Crippen LogP contribution in [0.5, 0.6) is 0 Å². The van der Waals surface area contributed by atoms with Gasteiger partial charge in [-0.3, -0.25) is 0 Å². The molecular formula is C63H38N6. The molecule has 0 saturated heterocycles. The topological polar surface area (TPSA) is 45.6 Å². The number of hydrogen-bond acceptors (Lipinski definition) is 2. The van der Waals surface area contributed by atoms with Crippen LogP contribution in [0, 0.1) is 24.5 Å². The van der Waals surface area contributed by atoms with Gasteiger partial charge in [0.15, 0.2) is 5.69 Å². The minimum Gasteiger partial charge on any atom is -0.319 e. The van der Waals surface area contributed by atoms with E-state index in [1.54, 1.807) is 12.1 Å². The highest BCUT2D eigenvalue weighted by Crippen LogP contribution is 2.44. The van der Waals surface area contributed by atoms with Crippen molar-refractivity contribution in [2.45, 2.75) is 0 Å². The first-order chi connectivity index (χ1) is 34.1. The lowest BCUT2D eigenvalue weighted by Gasteiger charge is -2.26. The second-order valence-electron chi connectivity index (χ2n) is 17.1. The highest BCUT2D eigenvalue weighted by Gasteiger charge is 2.21. The number of nitrogens with zero attached hydrogens (tertiary/aromatic N) is 6. The molecular weight excluding hydrogens is 841 g/mol. The van der Waals surface area contributed by atoms with Gasteiger partial charge in [-0.1, -0.05) is 140 Å². The second kappa shape index (κ2) is 16.8. The molecule has 0 aliphatic carbocycles. The molecule has 0 bridgehead atoms. The molecule has 69 heavy (non-hydrogen) atoms. The first-order valence-electron chi connectivity index (χ1n) is 22.7. The maximum absolute atomic E-state index is 9.66. The van der Waals surface area contributed by atoms with Crippen molar-refractivity contribution >= 4 is 72.0 Å². The van der Waals surface area contributed by atoms with Crippen molar-refractivity contribution in [2.75, 3.05) is 4.90 Å². The van der Waals surface area contributed by atoms with Gasteiger partial charge in [-0.25, -0.2) is 9.69 Å². The minimum atomic E-state index is 0.421. The van der Waals surface area contributed by atoms with Gasteiger partial charge in [0, 0.05) is 49.9 Å². The van der Waals surface area contributed by atoms with E-state index in [1.165, 1.54) is 22.3 Å². The molecule has 0 atom stereocenters. The molecule has 0 fully saturated rings. The van der Waals surface area contributed by atoms with Crippen LogP contribution in [0.1, 0.15) is 5.56 Å². The summed E-state index contributed by atoms with van der Waals surface area (Å²) < 4.78 is 4.41. The summed E-state index contributed by atoms with van der Waals surface area (Å²) in [5, 5.41) is 14.0. The molecule has 12 rings (SSSR count). The standard InChI is InChI=1S/C63H38N6/c1-65-49-27-31-51(32-28-49)68-59-14-8-6-12-54(59)56-39-52(33-36-61(56)68)67(53-34-37-62-57(40-53)55-13-7-9-15-60(55)69(62)63-35-16-42(41-64)38-58(63)66-2)50-29-25-48(26-30-50)47-23-21-46(22-24-47)45-19-17-44(18-20-45)43-10-4-3-5-11-43/h3-40H. The highest BCUT2D eigenvalue weighted by molar-refractivity contribution is 6.13. The number of hydrogen-bond donors (Lipinski definition) is 0. The van der Waals surface area contributed by atoms with Gasteiger partial charge in [-0.15, -0.1) is 0 Å². The van der Waals surface area contributed by atoms with Crippen LogP contribution in [-0.2, 0) is 0 Å². The van der Waals surface area contributed by atoms with E-state index in [4.69, 9.17) is 13.1 Å². The predicted molar refractivity (Wildman–Crippen MR) is 283 cm³/mol. The smallest absolute Gasteiger partial charge is 0.211 e. The average Bonchev–Trinajstić information content (AvgIpc) is 3.93. The quantitative estimate of drug-likeness (QED) is 0.143. The SMILES string of the molecule is [C-]#[N+]c1ccc(-n2c3ccccc3c3cc(N(c4ccc(-c5ccc(-c6ccc(-c7ccccc7)cc6)cc5)cc4)c4ccc5c(c4)c4ccccc4n5-c4ccc(C#N)cc4[N+]#[C-])ccc32)cc1. The Labute approximate surface area is 399 Å².